The quantitative estimate of drug-likeness (QED) is 0.542. The minimum atomic E-state index is -0.504. The van der Waals surface area contributed by atoms with Crippen LogP contribution in [0.1, 0.15) is 11.1 Å². The summed E-state index contributed by atoms with van der Waals surface area (Å²) < 4.78 is 0. The van der Waals surface area contributed by atoms with Gasteiger partial charge in [-0.15, -0.1) is 0 Å². The minimum Gasteiger partial charge on any atom is -0.390 e. The number of anilines is 2. The highest BCUT2D eigenvalue weighted by atomic mass is 16.3. The Labute approximate surface area is 145 Å². The van der Waals surface area contributed by atoms with Gasteiger partial charge in [0.1, 0.15) is 17.4 Å². The molecule has 8 nitrogen and oxygen atoms in total. The first-order valence-electron chi connectivity index (χ1n) is 8.36. The predicted octanol–water partition coefficient (Wildman–Crippen LogP) is 0.766. The number of hydrogen-bond donors (Lipinski definition) is 4. The number of nitrogen functional groups attached to an aromatic ring is 1. The standard InChI is InChI=1S/C17H21N7O/c18-16-14-15(20-10-21-16)17(23-22-14)19-7-13(25)9-24-6-5-11-3-1-2-4-12(11)8-24/h1-4,10,13,25H,5-9H2,(H2,18,20,21)(H2,19,22,23)/t13-/m0/s1. The molecule has 3 heterocycles. The molecule has 5 N–H and O–H groups in total. The largest absolute Gasteiger partial charge is 0.390 e. The topological polar surface area (TPSA) is 116 Å². The van der Waals surface area contributed by atoms with Gasteiger partial charge < -0.3 is 16.2 Å². The Bertz CT molecular complexity index is 878. The van der Waals surface area contributed by atoms with E-state index in [1.54, 1.807) is 0 Å². The fourth-order valence-corrected chi connectivity index (χ4v) is 3.26. The summed E-state index contributed by atoms with van der Waals surface area (Å²) in [5.41, 5.74) is 9.77. The molecule has 3 aromatic rings. The fourth-order valence-electron chi connectivity index (χ4n) is 3.26. The van der Waals surface area contributed by atoms with E-state index in [-0.39, 0.29) is 0 Å². The monoisotopic (exact) mass is 339 g/mol. The van der Waals surface area contributed by atoms with Crippen molar-refractivity contribution in [3.8, 4) is 0 Å². The van der Waals surface area contributed by atoms with Crippen molar-refractivity contribution >= 4 is 22.7 Å². The van der Waals surface area contributed by atoms with Crippen LogP contribution in [0.3, 0.4) is 0 Å². The molecule has 0 aliphatic carbocycles. The van der Waals surface area contributed by atoms with Crippen LogP contribution < -0.4 is 11.1 Å². The lowest BCUT2D eigenvalue weighted by Crippen LogP contribution is -2.39. The molecule has 1 aromatic carbocycles. The number of benzene rings is 1. The van der Waals surface area contributed by atoms with E-state index >= 15 is 0 Å². The molecular formula is C17H21N7O. The summed E-state index contributed by atoms with van der Waals surface area (Å²) in [7, 11) is 0. The van der Waals surface area contributed by atoms with Gasteiger partial charge in [-0.2, -0.15) is 5.10 Å². The van der Waals surface area contributed by atoms with Gasteiger partial charge in [0.2, 0.25) is 0 Å². The van der Waals surface area contributed by atoms with Crippen LogP contribution in [0.15, 0.2) is 30.6 Å². The molecular weight excluding hydrogens is 318 g/mol. The van der Waals surface area contributed by atoms with Crippen LogP contribution in [0.25, 0.3) is 11.0 Å². The van der Waals surface area contributed by atoms with Crippen LogP contribution in [0, 0.1) is 0 Å². The van der Waals surface area contributed by atoms with Crippen LogP contribution >= 0.6 is 0 Å². The first-order valence-corrected chi connectivity index (χ1v) is 8.36. The number of hydrogen-bond acceptors (Lipinski definition) is 7. The summed E-state index contributed by atoms with van der Waals surface area (Å²) in [6, 6.07) is 8.49. The number of aliphatic hydroxyl groups excluding tert-OH is 1. The summed E-state index contributed by atoms with van der Waals surface area (Å²) >= 11 is 0. The predicted molar refractivity (Wildman–Crippen MR) is 96.0 cm³/mol. The number of H-pyrrole nitrogens is 1. The molecule has 1 aliphatic heterocycles. The number of aromatic nitrogens is 4. The summed E-state index contributed by atoms with van der Waals surface area (Å²) in [6.45, 7) is 2.84. The number of nitrogens with zero attached hydrogens (tertiary/aromatic N) is 4. The van der Waals surface area contributed by atoms with E-state index in [2.05, 4.69) is 54.6 Å². The highest BCUT2D eigenvalue weighted by molar-refractivity contribution is 5.91. The van der Waals surface area contributed by atoms with E-state index in [4.69, 9.17) is 5.73 Å². The van der Waals surface area contributed by atoms with Crippen molar-refractivity contribution in [3.63, 3.8) is 0 Å². The van der Waals surface area contributed by atoms with Crippen molar-refractivity contribution in [3.05, 3.63) is 41.7 Å². The molecule has 0 fully saturated rings. The smallest absolute Gasteiger partial charge is 0.174 e. The van der Waals surface area contributed by atoms with Crippen LogP contribution in [-0.2, 0) is 13.0 Å². The van der Waals surface area contributed by atoms with Crippen LogP contribution in [-0.4, -0.2) is 55.9 Å². The zero-order valence-corrected chi connectivity index (χ0v) is 13.8. The van der Waals surface area contributed by atoms with Crippen molar-refractivity contribution in [2.75, 3.05) is 30.7 Å². The maximum atomic E-state index is 10.4. The van der Waals surface area contributed by atoms with Gasteiger partial charge in [-0.05, 0) is 17.5 Å². The number of aromatic amines is 1. The summed E-state index contributed by atoms with van der Waals surface area (Å²) in [6.07, 6.45) is 1.92. The SMILES string of the molecule is Nc1ncnc2c(NC[C@H](O)CN3CCc4ccccc4C3)n[nH]c12. The second kappa shape index (κ2) is 6.66. The number of aliphatic hydroxyl groups is 1. The third-order valence-electron chi connectivity index (χ3n) is 4.56. The third-order valence-corrected chi connectivity index (χ3v) is 4.56. The number of fused-ring (bicyclic) bond motifs is 2. The lowest BCUT2D eigenvalue weighted by Gasteiger charge is -2.30. The highest BCUT2D eigenvalue weighted by Crippen LogP contribution is 2.21. The molecule has 25 heavy (non-hydrogen) atoms. The summed E-state index contributed by atoms with van der Waals surface area (Å²) in [5.74, 6) is 0.935. The van der Waals surface area contributed by atoms with Crippen molar-refractivity contribution < 1.29 is 5.11 Å². The van der Waals surface area contributed by atoms with Gasteiger partial charge >= 0.3 is 0 Å². The molecule has 4 rings (SSSR count). The molecule has 8 heteroatoms. The van der Waals surface area contributed by atoms with Crippen LogP contribution in [0.2, 0.25) is 0 Å². The maximum absolute atomic E-state index is 10.4. The van der Waals surface area contributed by atoms with Gasteiger partial charge in [0, 0.05) is 26.2 Å². The number of nitrogens with two attached hydrogens (primary N) is 1. The number of rotatable bonds is 5. The third kappa shape index (κ3) is 3.26. The van der Waals surface area contributed by atoms with Crippen LogP contribution in [0.5, 0.6) is 0 Å². The molecule has 0 saturated heterocycles. The molecule has 0 saturated carbocycles. The molecule has 0 amide bonds. The van der Waals surface area contributed by atoms with Gasteiger partial charge in [0.15, 0.2) is 11.6 Å². The van der Waals surface area contributed by atoms with Crippen molar-refractivity contribution in [2.24, 2.45) is 0 Å². The fraction of sp³-hybridized carbons (Fsp3) is 0.353. The molecule has 0 bridgehead atoms. The molecule has 1 aliphatic rings. The van der Waals surface area contributed by atoms with Gasteiger partial charge in [-0.25, -0.2) is 9.97 Å². The molecule has 130 valence electrons. The van der Waals surface area contributed by atoms with Crippen LogP contribution in [0.4, 0.5) is 11.6 Å². The second-order valence-electron chi connectivity index (χ2n) is 6.34. The van der Waals surface area contributed by atoms with E-state index < -0.39 is 6.10 Å². The summed E-state index contributed by atoms with van der Waals surface area (Å²) in [5, 5.41) is 20.5. The Morgan fingerprint density at radius 2 is 2.12 bits per heavy atom. The van der Waals surface area contributed by atoms with E-state index in [1.807, 2.05) is 0 Å². The maximum Gasteiger partial charge on any atom is 0.174 e. The Kier molecular flexibility index (Phi) is 4.21. The Morgan fingerprint density at radius 3 is 3.00 bits per heavy atom. The molecule has 0 spiro atoms. The lowest BCUT2D eigenvalue weighted by atomic mass is 10.00. The first-order chi connectivity index (χ1) is 12.2. The minimum absolute atomic E-state index is 0.359. The average molecular weight is 339 g/mol. The van der Waals surface area contributed by atoms with Crippen molar-refractivity contribution in [1.29, 1.82) is 0 Å². The van der Waals surface area contributed by atoms with E-state index in [0.717, 1.165) is 19.5 Å². The van der Waals surface area contributed by atoms with Crippen molar-refractivity contribution in [1.82, 2.24) is 25.1 Å². The second-order valence-corrected chi connectivity index (χ2v) is 6.34. The van der Waals surface area contributed by atoms with Crippen molar-refractivity contribution in [2.45, 2.75) is 19.1 Å². The number of β-amino-alcohol motifs (C(OH)–C–C–N with tert-alkyl or cyclic N) is 1. The normalized spacial score (nSPS) is 15.9. The Morgan fingerprint density at radius 1 is 1.28 bits per heavy atom. The van der Waals surface area contributed by atoms with Gasteiger partial charge in [0.25, 0.3) is 0 Å². The zero-order chi connectivity index (χ0) is 17.2. The average Bonchev–Trinajstić information content (AvgIpc) is 3.04. The molecule has 2 aromatic heterocycles. The number of nitrogens with one attached hydrogen (secondary N) is 2. The first kappa shape index (κ1) is 15.8. The van der Waals surface area contributed by atoms with Gasteiger partial charge in [0.05, 0.1) is 6.10 Å². The Hall–Kier alpha value is -2.71. The zero-order valence-electron chi connectivity index (χ0n) is 13.8. The molecule has 0 radical (unpaired) electrons. The van der Waals surface area contributed by atoms with Gasteiger partial charge in [-0.3, -0.25) is 10.00 Å². The molecule has 0 unspecified atom stereocenters. The van der Waals surface area contributed by atoms with E-state index in [9.17, 15) is 5.11 Å². The van der Waals surface area contributed by atoms with E-state index in [1.165, 1.54) is 17.5 Å². The lowest BCUT2D eigenvalue weighted by molar-refractivity contribution is 0.114. The summed E-state index contributed by atoms with van der Waals surface area (Å²) in [4.78, 5) is 10.4. The Balaban J connectivity index is 1.35. The van der Waals surface area contributed by atoms with E-state index in [0.29, 0.717) is 35.8 Å². The van der Waals surface area contributed by atoms with Gasteiger partial charge in [-0.1, -0.05) is 24.3 Å². The highest BCUT2D eigenvalue weighted by Gasteiger charge is 2.19. The molecule has 1 atom stereocenters.